The minimum absolute atomic E-state index is 0.242. The van der Waals surface area contributed by atoms with Gasteiger partial charge in [0.05, 0.1) is 11.9 Å². The summed E-state index contributed by atoms with van der Waals surface area (Å²) in [6.45, 7) is 2.38. The summed E-state index contributed by atoms with van der Waals surface area (Å²) < 4.78 is 1.02. The molecular formula is C14H14BrN3O. The summed E-state index contributed by atoms with van der Waals surface area (Å²) in [7, 11) is 0. The SMILES string of the molecule is Cc1ccc(NC(=O)NCc2ccc(Br)cc2)cn1. The lowest BCUT2D eigenvalue weighted by atomic mass is 10.2. The zero-order valence-electron chi connectivity index (χ0n) is 10.5. The van der Waals surface area contributed by atoms with Gasteiger partial charge in [-0.25, -0.2) is 4.79 Å². The number of anilines is 1. The molecule has 0 fully saturated rings. The van der Waals surface area contributed by atoms with E-state index in [0.717, 1.165) is 15.7 Å². The van der Waals surface area contributed by atoms with E-state index in [4.69, 9.17) is 0 Å². The summed E-state index contributed by atoms with van der Waals surface area (Å²) in [5.74, 6) is 0. The van der Waals surface area contributed by atoms with E-state index < -0.39 is 0 Å². The molecule has 0 saturated heterocycles. The number of nitrogens with zero attached hydrogens (tertiary/aromatic N) is 1. The van der Waals surface area contributed by atoms with E-state index >= 15 is 0 Å². The molecule has 2 aromatic rings. The first-order valence-corrected chi connectivity index (χ1v) is 6.65. The van der Waals surface area contributed by atoms with Crippen LogP contribution in [0.3, 0.4) is 0 Å². The topological polar surface area (TPSA) is 54.0 Å². The van der Waals surface area contributed by atoms with E-state index in [2.05, 4.69) is 31.5 Å². The lowest BCUT2D eigenvalue weighted by Crippen LogP contribution is -2.28. The molecule has 98 valence electrons. The van der Waals surface area contributed by atoms with Crippen LogP contribution in [0.4, 0.5) is 10.5 Å². The van der Waals surface area contributed by atoms with E-state index in [9.17, 15) is 4.79 Å². The summed E-state index contributed by atoms with van der Waals surface area (Å²) >= 11 is 3.37. The molecule has 19 heavy (non-hydrogen) atoms. The normalized spacial score (nSPS) is 10.0. The first-order chi connectivity index (χ1) is 9.13. The second-order valence-electron chi connectivity index (χ2n) is 4.12. The molecule has 1 heterocycles. The van der Waals surface area contributed by atoms with Crippen molar-refractivity contribution < 1.29 is 4.79 Å². The van der Waals surface area contributed by atoms with Crippen LogP contribution < -0.4 is 10.6 Å². The smallest absolute Gasteiger partial charge is 0.319 e. The summed E-state index contributed by atoms with van der Waals surface area (Å²) in [5.41, 5.74) is 2.64. The van der Waals surface area contributed by atoms with Crippen LogP contribution in [-0.4, -0.2) is 11.0 Å². The number of hydrogen-bond donors (Lipinski definition) is 2. The average molecular weight is 320 g/mol. The van der Waals surface area contributed by atoms with Crippen LogP contribution in [0.25, 0.3) is 0 Å². The zero-order chi connectivity index (χ0) is 13.7. The van der Waals surface area contributed by atoms with Gasteiger partial charge in [0.25, 0.3) is 0 Å². The van der Waals surface area contributed by atoms with Crippen LogP contribution in [0, 0.1) is 6.92 Å². The Kier molecular flexibility index (Phi) is 4.52. The lowest BCUT2D eigenvalue weighted by Gasteiger charge is -2.07. The number of benzene rings is 1. The number of rotatable bonds is 3. The van der Waals surface area contributed by atoms with Gasteiger partial charge >= 0.3 is 6.03 Å². The zero-order valence-corrected chi connectivity index (χ0v) is 12.1. The molecule has 0 unspecified atom stereocenters. The summed E-state index contributed by atoms with van der Waals surface area (Å²) in [5, 5.41) is 5.52. The van der Waals surface area contributed by atoms with Crippen LogP contribution in [0.5, 0.6) is 0 Å². The maximum atomic E-state index is 11.7. The summed E-state index contributed by atoms with van der Waals surface area (Å²) in [4.78, 5) is 15.8. The standard InChI is InChI=1S/C14H14BrN3O/c1-10-2-7-13(9-16-10)18-14(19)17-8-11-3-5-12(15)6-4-11/h2-7,9H,8H2,1H3,(H2,17,18,19). The van der Waals surface area contributed by atoms with Crippen molar-refractivity contribution in [2.75, 3.05) is 5.32 Å². The number of aryl methyl sites for hydroxylation is 1. The van der Waals surface area contributed by atoms with Gasteiger partial charge in [-0.3, -0.25) is 4.98 Å². The van der Waals surface area contributed by atoms with Crippen LogP contribution in [0.2, 0.25) is 0 Å². The van der Waals surface area contributed by atoms with E-state index in [1.54, 1.807) is 6.20 Å². The Morgan fingerprint density at radius 3 is 2.58 bits per heavy atom. The quantitative estimate of drug-likeness (QED) is 0.910. The Bertz CT molecular complexity index is 552. The first-order valence-electron chi connectivity index (χ1n) is 5.85. The van der Waals surface area contributed by atoms with Crippen molar-refractivity contribution in [1.29, 1.82) is 0 Å². The van der Waals surface area contributed by atoms with E-state index in [1.165, 1.54) is 0 Å². The van der Waals surface area contributed by atoms with Gasteiger partial charge in [-0.15, -0.1) is 0 Å². The lowest BCUT2D eigenvalue weighted by molar-refractivity contribution is 0.251. The number of amides is 2. The molecule has 2 amide bonds. The molecule has 0 saturated carbocycles. The van der Waals surface area contributed by atoms with Gasteiger partial charge in [0.2, 0.25) is 0 Å². The third-order valence-corrected chi connectivity index (χ3v) is 3.06. The fourth-order valence-corrected chi connectivity index (χ4v) is 1.77. The Morgan fingerprint density at radius 2 is 1.95 bits per heavy atom. The highest BCUT2D eigenvalue weighted by Gasteiger charge is 2.01. The van der Waals surface area contributed by atoms with Gasteiger partial charge in [-0.2, -0.15) is 0 Å². The van der Waals surface area contributed by atoms with Crippen LogP contribution in [-0.2, 0) is 6.54 Å². The first kappa shape index (κ1) is 13.5. The van der Waals surface area contributed by atoms with Crippen molar-refractivity contribution in [3.63, 3.8) is 0 Å². The molecule has 5 heteroatoms. The van der Waals surface area contributed by atoms with Crippen molar-refractivity contribution >= 4 is 27.6 Å². The molecule has 1 aromatic carbocycles. The molecule has 2 rings (SSSR count). The maximum absolute atomic E-state index is 11.7. The van der Waals surface area contributed by atoms with Crippen molar-refractivity contribution in [2.45, 2.75) is 13.5 Å². The Labute approximate surface area is 120 Å². The molecular weight excluding hydrogens is 306 g/mol. The number of nitrogens with one attached hydrogen (secondary N) is 2. The van der Waals surface area contributed by atoms with Crippen LogP contribution >= 0.6 is 15.9 Å². The molecule has 2 N–H and O–H groups in total. The Morgan fingerprint density at radius 1 is 1.21 bits per heavy atom. The van der Waals surface area contributed by atoms with E-state index in [1.807, 2.05) is 43.3 Å². The van der Waals surface area contributed by atoms with E-state index in [-0.39, 0.29) is 6.03 Å². The maximum Gasteiger partial charge on any atom is 0.319 e. The number of halogens is 1. The van der Waals surface area contributed by atoms with Crippen LogP contribution in [0.1, 0.15) is 11.3 Å². The highest BCUT2D eigenvalue weighted by Crippen LogP contribution is 2.10. The second-order valence-corrected chi connectivity index (χ2v) is 5.04. The van der Waals surface area contributed by atoms with Gasteiger partial charge in [0.1, 0.15) is 0 Å². The van der Waals surface area contributed by atoms with E-state index in [0.29, 0.717) is 12.2 Å². The van der Waals surface area contributed by atoms with Crippen molar-refractivity contribution in [3.05, 3.63) is 58.3 Å². The van der Waals surface area contributed by atoms with Crippen LogP contribution in [0.15, 0.2) is 47.1 Å². The predicted octanol–water partition coefficient (Wildman–Crippen LogP) is 3.47. The monoisotopic (exact) mass is 319 g/mol. The highest BCUT2D eigenvalue weighted by molar-refractivity contribution is 9.10. The van der Waals surface area contributed by atoms with Gasteiger partial charge in [-0.1, -0.05) is 28.1 Å². The van der Waals surface area contributed by atoms with Crippen molar-refractivity contribution in [2.24, 2.45) is 0 Å². The average Bonchev–Trinajstić information content (AvgIpc) is 2.41. The number of hydrogen-bond acceptors (Lipinski definition) is 2. The molecule has 0 spiro atoms. The minimum Gasteiger partial charge on any atom is -0.334 e. The molecule has 4 nitrogen and oxygen atoms in total. The predicted molar refractivity (Wildman–Crippen MR) is 79.0 cm³/mol. The van der Waals surface area contributed by atoms with Gasteiger partial charge in [0, 0.05) is 16.7 Å². The summed E-state index contributed by atoms with van der Waals surface area (Å²) in [6, 6.07) is 11.2. The number of aromatic nitrogens is 1. The molecule has 0 atom stereocenters. The fraction of sp³-hybridized carbons (Fsp3) is 0.143. The Hall–Kier alpha value is -1.88. The number of urea groups is 1. The summed E-state index contributed by atoms with van der Waals surface area (Å²) in [6.07, 6.45) is 1.63. The van der Waals surface area contributed by atoms with Gasteiger partial charge < -0.3 is 10.6 Å². The Balaban J connectivity index is 1.84. The third-order valence-electron chi connectivity index (χ3n) is 2.54. The van der Waals surface area contributed by atoms with Crippen molar-refractivity contribution in [3.8, 4) is 0 Å². The molecule has 0 aliphatic rings. The second kappa shape index (κ2) is 6.33. The number of carbonyl (C=O) groups is 1. The highest BCUT2D eigenvalue weighted by atomic mass is 79.9. The molecule has 0 aliphatic heterocycles. The van der Waals surface area contributed by atoms with Gasteiger partial charge in [0.15, 0.2) is 0 Å². The molecule has 1 aromatic heterocycles. The number of pyridine rings is 1. The third kappa shape index (κ3) is 4.37. The largest absolute Gasteiger partial charge is 0.334 e. The van der Waals surface area contributed by atoms with Crippen molar-refractivity contribution in [1.82, 2.24) is 10.3 Å². The number of carbonyl (C=O) groups excluding carboxylic acids is 1. The molecule has 0 bridgehead atoms. The van der Waals surface area contributed by atoms with Gasteiger partial charge in [-0.05, 0) is 36.8 Å². The minimum atomic E-state index is -0.242. The molecule has 0 radical (unpaired) electrons. The molecule has 0 aliphatic carbocycles. The fourth-order valence-electron chi connectivity index (χ4n) is 1.50.